The first-order chi connectivity index (χ1) is 19.9. The van der Waals surface area contributed by atoms with Crippen LogP contribution in [0.2, 0.25) is 0 Å². The van der Waals surface area contributed by atoms with Crippen molar-refractivity contribution < 1.29 is 36.6 Å². The molecule has 0 saturated carbocycles. The van der Waals surface area contributed by atoms with Crippen molar-refractivity contribution in [3.05, 3.63) is 75.2 Å². The second kappa shape index (κ2) is 11.0. The molecule has 0 bridgehead atoms. The molecule has 0 fully saturated rings. The molecule has 2 amide bonds. The summed E-state index contributed by atoms with van der Waals surface area (Å²) in [5.41, 5.74) is 0.319. The number of thiazole rings is 1. The summed E-state index contributed by atoms with van der Waals surface area (Å²) >= 11 is 1.13. The van der Waals surface area contributed by atoms with E-state index in [0.717, 1.165) is 30.6 Å². The fraction of sp³-hybridized carbons (Fsp3) is 0.259. The molecule has 1 aliphatic rings. The number of carbonyl (C=O) groups is 2. The maximum atomic E-state index is 15.2. The van der Waals surface area contributed by atoms with Gasteiger partial charge < -0.3 is 14.4 Å². The molecular weight excluding hydrogens is 580 g/mol. The number of fused-ring (bicyclic) bond motifs is 1. The smallest absolute Gasteiger partial charge is 0.433 e. The summed E-state index contributed by atoms with van der Waals surface area (Å²) < 4.78 is 64.5. The van der Waals surface area contributed by atoms with Crippen LogP contribution in [0, 0.1) is 19.7 Å². The van der Waals surface area contributed by atoms with Gasteiger partial charge >= 0.3 is 6.18 Å². The monoisotopic (exact) mass is 602 g/mol. The van der Waals surface area contributed by atoms with Gasteiger partial charge in [-0.25, -0.2) is 14.4 Å². The summed E-state index contributed by atoms with van der Waals surface area (Å²) in [6.07, 6.45) is -1.98. The lowest BCUT2D eigenvalue weighted by molar-refractivity contribution is -0.141. The van der Waals surface area contributed by atoms with Crippen molar-refractivity contribution in [3.8, 4) is 22.8 Å². The summed E-state index contributed by atoms with van der Waals surface area (Å²) in [4.78, 5) is 44.5. The lowest BCUT2D eigenvalue weighted by Crippen LogP contribution is -2.26. The zero-order valence-corrected chi connectivity index (χ0v) is 23.4. The number of anilines is 1. The number of halogens is 4. The third-order valence-electron chi connectivity index (χ3n) is 6.47. The van der Waals surface area contributed by atoms with Crippen molar-refractivity contribution in [1.29, 1.82) is 0 Å². The third kappa shape index (κ3) is 5.34. The van der Waals surface area contributed by atoms with E-state index in [1.807, 2.05) is 0 Å². The molecule has 15 heteroatoms. The number of nitrogens with one attached hydrogen (secondary N) is 1. The first-order valence-electron chi connectivity index (χ1n) is 12.3. The molecule has 1 aliphatic heterocycles. The molecule has 5 heterocycles. The summed E-state index contributed by atoms with van der Waals surface area (Å²) in [6.45, 7) is 3.38. The number of carbonyl (C=O) groups excluding carboxylic acids is 2. The normalized spacial score (nSPS) is 12.7. The lowest BCUT2D eigenvalue weighted by Gasteiger charge is -2.17. The minimum absolute atomic E-state index is 0.0563. The molecule has 0 aromatic carbocycles. The second-order valence-corrected chi connectivity index (χ2v) is 10.3. The van der Waals surface area contributed by atoms with Crippen molar-refractivity contribution >= 4 is 28.3 Å². The van der Waals surface area contributed by atoms with E-state index in [4.69, 9.17) is 9.47 Å². The van der Waals surface area contributed by atoms with Gasteiger partial charge in [0.25, 0.3) is 11.8 Å². The molecule has 1 N–H and O–H groups in total. The minimum Gasteiger partial charge on any atom is -0.494 e. The predicted octanol–water partition coefficient (Wildman–Crippen LogP) is 5.20. The molecule has 4 aromatic rings. The topological polar surface area (TPSA) is 119 Å². The van der Waals surface area contributed by atoms with Gasteiger partial charge in [-0.2, -0.15) is 13.2 Å². The van der Waals surface area contributed by atoms with E-state index >= 15 is 4.39 Å². The van der Waals surface area contributed by atoms with Gasteiger partial charge in [0.15, 0.2) is 10.9 Å². The van der Waals surface area contributed by atoms with E-state index < -0.39 is 35.4 Å². The highest BCUT2D eigenvalue weighted by molar-refractivity contribution is 7.16. The molecule has 0 spiro atoms. The highest BCUT2D eigenvalue weighted by atomic mass is 32.1. The van der Waals surface area contributed by atoms with Crippen LogP contribution in [-0.4, -0.2) is 50.9 Å². The van der Waals surface area contributed by atoms with Crippen LogP contribution < -0.4 is 14.8 Å². The number of nitrogens with zero attached hydrogens (tertiary/aromatic N) is 5. The van der Waals surface area contributed by atoms with Crippen molar-refractivity contribution in [1.82, 2.24) is 24.8 Å². The minimum atomic E-state index is -4.69. The van der Waals surface area contributed by atoms with Crippen LogP contribution in [0.15, 0.2) is 30.6 Å². The summed E-state index contributed by atoms with van der Waals surface area (Å²) in [6, 6.07) is 3.32. The van der Waals surface area contributed by atoms with Crippen LogP contribution in [0.1, 0.15) is 48.4 Å². The van der Waals surface area contributed by atoms with Crippen molar-refractivity contribution in [2.75, 3.05) is 19.5 Å². The van der Waals surface area contributed by atoms with Crippen LogP contribution in [0.25, 0.3) is 11.1 Å². The van der Waals surface area contributed by atoms with Gasteiger partial charge in [-0.1, -0.05) is 11.3 Å². The Morgan fingerprint density at radius 1 is 1.02 bits per heavy atom. The lowest BCUT2D eigenvalue weighted by atomic mass is 9.99. The summed E-state index contributed by atoms with van der Waals surface area (Å²) in [5.74, 6) is -2.09. The fourth-order valence-corrected chi connectivity index (χ4v) is 5.39. The highest BCUT2D eigenvalue weighted by Crippen LogP contribution is 2.37. The number of hydrogen-bond acceptors (Lipinski definition) is 9. The number of aromatic nitrogens is 4. The van der Waals surface area contributed by atoms with Gasteiger partial charge in [-0.05, 0) is 32.0 Å². The average molecular weight is 603 g/mol. The molecule has 218 valence electrons. The Hall–Kier alpha value is -4.66. The number of methoxy groups -OCH3 is 2. The third-order valence-corrected chi connectivity index (χ3v) is 7.47. The number of alkyl halides is 3. The van der Waals surface area contributed by atoms with E-state index in [1.165, 1.54) is 31.3 Å². The zero-order chi connectivity index (χ0) is 30.3. The molecule has 42 heavy (non-hydrogen) atoms. The van der Waals surface area contributed by atoms with Crippen LogP contribution in [0.4, 0.5) is 22.7 Å². The quantitative estimate of drug-likeness (QED) is 0.300. The van der Waals surface area contributed by atoms with Crippen LogP contribution in [-0.2, 0) is 19.3 Å². The molecule has 0 radical (unpaired) electrons. The predicted molar refractivity (Wildman–Crippen MR) is 143 cm³/mol. The van der Waals surface area contributed by atoms with Gasteiger partial charge in [-0.15, -0.1) is 0 Å². The van der Waals surface area contributed by atoms with Crippen molar-refractivity contribution in [2.24, 2.45) is 0 Å². The van der Waals surface area contributed by atoms with Crippen molar-refractivity contribution in [2.45, 2.75) is 33.1 Å². The van der Waals surface area contributed by atoms with Gasteiger partial charge in [-0.3, -0.25) is 24.9 Å². The first kappa shape index (κ1) is 28.9. The maximum Gasteiger partial charge on any atom is 0.433 e. The summed E-state index contributed by atoms with van der Waals surface area (Å²) in [7, 11) is 2.50. The van der Waals surface area contributed by atoms with Gasteiger partial charge in [0.05, 0.1) is 60.9 Å². The van der Waals surface area contributed by atoms with E-state index in [-0.39, 0.29) is 51.9 Å². The number of hydrogen-bond donors (Lipinski definition) is 1. The van der Waals surface area contributed by atoms with Gasteiger partial charge in [0, 0.05) is 17.5 Å². The Balaban J connectivity index is 1.36. The Labute approximate surface area is 240 Å². The first-order valence-corrected chi connectivity index (χ1v) is 13.1. The summed E-state index contributed by atoms with van der Waals surface area (Å²) in [5, 5.41) is 2.96. The van der Waals surface area contributed by atoms with E-state index in [1.54, 1.807) is 13.0 Å². The Bertz CT molecular complexity index is 1700. The molecular formula is C27H22F4N6O4S. The van der Waals surface area contributed by atoms with Crippen LogP contribution in [0.3, 0.4) is 0 Å². The van der Waals surface area contributed by atoms with Crippen molar-refractivity contribution in [3.63, 3.8) is 0 Å². The Kier molecular flexibility index (Phi) is 7.53. The number of amides is 2. The van der Waals surface area contributed by atoms with Gasteiger partial charge in [0.2, 0.25) is 5.88 Å². The number of pyridine rings is 3. The van der Waals surface area contributed by atoms with Gasteiger partial charge in [0.1, 0.15) is 17.0 Å². The Morgan fingerprint density at radius 2 is 1.79 bits per heavy atom. The van der Waals surface area contributed by atoms with Crippen LogP contribution >= 0.6 is 11.3 Å². The van der Waals surface area contributed by atoms with E-state index in [9.17, 15) is 22.8 Å². The average Bonchev–Trinajstić information content (AvgIpc) is 3.52. The maximum absolute atomic E-state index is 15.2. The Morgan fingerprint density at radius 3 is 2.45 bits per heavy atom. The second-order valence-electron chi connectivity index (χ2n) is 9.23. The number of aryl methyl sites for hydroxylation is 2. The SMILES string of the molecule is COc1cnc(C)c(F)c1-c1cc(C)ncc1C(=O)Nc1nc2c(s1)CN(C(=O)c1ccc(C(F)(F)F)nc1OC)C2. The number of ether oxygens (including phenoxy) is 2. The van der Waals surface area contributed by atoms with E-state index in [0.29, 0.717) is 16.3 Å². The molecule has 0 unspecified atom stereocenters. The molecule has 0 atom stereocenters. The molecule has 10 nitrogen and oxygen atoms in total. The van der Waals surface area contributed by atoms with E-state index in [2.05, 4.69) is 25.3 Å². The number of rotatable bonds is 6. The standard InChI is InChI=1S/C27H22F4N6O4S/c1-12-7-15(21-18(40-3)9-33-13(2)22(21)28)16(8-32-12)23(38)36-26-34-17-10-37(11-19(17)42-26)25(39)14-5-6-20(27(29,30)31)35-24(14)41-4/h5-9H,10-11H2,1-4H3,(H,34,36,38). The molecule has 0 aliphatic carbocycles. The molecule has 4 aromatic heterocycles. The zero-order valence-electron chi connectivity index (χ0n) is 22.6. The van der Waals surface area contributed by atoms with Crippen LogP contribution in [0.5, 0.6) is 11.6 Å². The largest absolute Gasteiger partial charge is 0.494 e. The molecule has 0 saturated heterocycles. The fourth-order valence-electron chi connectivity index (χ4n) is 4.41. The molecule has 5 rings (SSSR count). The highest BCUT2D eigenvalue weighted by Gasteiger charge is 2.35.